The summed E-state index contributed by atoms with van der Waals surface area (Å²) in [6.45, 7) is 1.91. The Hall–Kier alpha value is -1.03. The third-order valence-corrected chi connectivity index (χ3v) is 4.13. The van der Waals surface area contributed by atoms with E-state index in [1.54, 1.807) is 24.3 Å². The lowest BCUT2D eigenvalue weighted by Crippen LogP contribution is -2.10. The fourth-order valence-corrected chi connectivity index (χ4v) is 2.53. The monoisotopic (exact) mass is 300 g/mol. The molecule has 0 aliphatic rings. The molecule has 0 atom stereocenters. The minimum atomic E-state index is -0.0656. The topological polar surface area (TPSA) is 26.3 Å². The third-order valence-electron chi connectivity index (χ3n) is 2.29. The predicted octanol–water partition coefficient (Wildman–Crippen LogP) is 4.63. The van der Waals surface area contributed by atoms with E-state index in [9.17, 15) is 4.79 Å². The van der Waals surface area contributed by atoms with Gasteiger partial charge >= 0.3 is 0 Å². The molecule has 1 aromatic heterocycles. The van der Waals surface area contributed by atoms with Crippen LogP contribution in [-0.4, -0.2) is 12.4 Å². The van der Waals surface area contributed by atoms with Gasteiger partial charge in [0.05, 0.1) is 9.90 Å². The molecule has 0 aliphatic heterocycles. The Morgan fingerprint density at radius 3 is 2.72 bits per heavy atom. The summed E-state index contributed by atoms with van der Waals surface area (Å²) in [5, 5.41) is 0.739. The van der Waals surface area contributed by atoms with Crippen LogP contribution in [0.25, 0.3) is 0 Å². The van der Waals surface area contributed by atoms with Gasteiger partial charge in [-0.2, -0.15) is 0 Å². The van der Waals surface area contributed by atoms with Crippen LogP contribution in [0.15, 0.2) is 30.3 Å². The summed E-state index contributed by atoms with van der Waals surface area (Å²) in [6, 6.07) is 8.78. The maximum atomic E-state index is 11.8. The summed E-state index contributed by atoms with van der Waals surface area (Å²) >= 11 is 13.3. The Morgan fingerprint density at radius 1 is 1.28 bits per heavy atom. The molecular formula is C13H10Cl2O2S. The van der Waals surface area contributed by atoms with E-state index in [0.29, 0.717) is 20.7 Å². The lowest BCUT2D eigenvalue weighted by Gasteiger charge is -2.07. The Morgan fingerprint density at radius 2 is 2.06 bits per heavy atom. The zero-order valence-corrected chi connectivity index (χ0v) is 11.9. The maximum absolute atomic E-state index is 11.8. The molecule has 2 nitrogen and oxygen atoms in total. The summed E-state index contributed by atoms with van der Waals surface area (Å²) in [4.78, 5) is 13.6. The van der Waals surface area contributed by atoms with Gasteiger partial charge in [-0.25, -0.2) is 0 Å². The van der Waals surface area contributed by atoms with Crippen LogP contribution < -0.4 is 4.74 Å². The molecule has 0 spiro atoms. The molecule has 2 rings (SSSR count). The number of rotatable bonds is 4. The van der Waals surface area contributed by atoms with Crippen molar-refractivity contribution in [2.24, 2.45) is 0 Å². The number of ketones is 1. The highest BCUT2D eigenvalue weighted by Crippen LogP contribution is 2.31. The molecule has 0 bridgehead atoms. The molecule has 0 radical (unpaired) electrons. The van der Waals surface area contributed by atoms with Gasteiger partial charge in [0.25, 0.3) is 0 Å². The number of ether oxygens (including phenoxy) is 1. The van der Waals surface area contributed by atoms with E-state index >= 15 is 0 Å². The molecule has 0 saturated heterocycles. The van der Waals surface area contributed by atoms with Crippen molar-refractivity contribution in [1.82, 2.24) is 0 Å². The van der Waals surface area contributed by atoms with E-state index in [1.807, 2.05) is 13.0 Å². The quantitative estimate of drug-likeness (QED) is 0.770. The molecule has 0 fully saturated rings. The van der Waals surface area contributed by atoms with Crippen molar-refractivity contribution in [1.29, 1.82) is 0 Å². The second kappa shape index (κ2) is 5.74. The second-order valence-corrected chi connectivity index (χ2v) is 5.75. The Bertz CT molecular complexity index is 578. The van der Waals surface area contributed by atoms with Crippen LogP contribution in [0.3, 0.4) is 0 Å². The lowest BCUT2D eigenvalue weighted by molar-refractivity contribution is 0.0925. The van der Waals surface area contributed by atoms with Crippen LogP contribution in [0.4, 0.5) is 0 Å². The van der Waals surface area contributed by atoms with Gasteiger partial charge < -0.3 is 4.74 Å². The highest BCUT2D eigenvalue weighted by molar-refractivity contribution is 7.14. The van der Waals surface area contributed by atoms with Crippen molar-refractivity contribution in [3.63, 3.8) is 0 Å². The van der Waals surface area contributed by atoms with Crippen LogP contribution in [0.5, 0.6) is 5.75 Å². The number of Topliss-reactive ketones (excluding diaryl/α,β-unsaturated/α-hetero) is 1. The van der Waals surface area contributed by atoms with E-state index in [0.717, 1.165) is 4.88 Å². The summed E-state index contributed by atoms with van der Waals surface area (Å²) in [7, 11) is 0. The van der Waals surface area contributed by atoms with Crippen molar-refractivity contribution < 1.29 is 9.53 Å². The van der Waals surface area contributed by atoms with Gasteiger partial charge in [0.15, 0.2) is 6.61 Å². The van der Waals surface area contributed by atoms with E-state index in [2.05, 4.69) is 0 Å². The minimum absolute atomic E-state index is 0.0417. The number of carbonyl (C=O) groups is 1. The van der Waals surface area contributed by atoms with Crippen molar-refractivity contribution >= 4 is 40.3 Å². The number of hydrogen-bond donors (Lipinski definition) is 0. The van der Waals surface area contributed by atoms with E-state index in [4.69, 9.17) is 27.9 Å². The fraction of sp³-hybridized carbons (Fsp3) is 0.154. The highest BCUT2D eigenvalue weighted by atomic mass is 35.5. The molecule has 0 N–H and O–H groups in total. The fourth-order valence-electron chi connectivity index (χ4n) is 1.39. The second-order valence-electron chi connectivity index (χ2n) is 3.67. The molecular weight excluding hydrogens is 291 g/mol. The zero-order valence-electron chi connectivity index (χ0n) is 9.57. The Kier molecular flexibility index (Phi) is 4.27. The molecule has 0 unspecified atom stereocenters. The molecule has 2 aromatic rings. The molecule has 18 heavy (non-hydrogen) atoms. The summed E-state index contributed by atoms with van der Waals surface area (Å²) in [5.74, 6) is 0.356. The van der Waals surface area contributed by atoms with E-state index < -0.39 is 0 Å². The minimum Gasteiger partial charge on any atom is -0.484 e. The summed E-state index contributed by atoms with van der Waals surface area (Å²) in [5.41, 5.74) is 0. The number of benzene rings is 1. The van der Waals surface area contributed by atoms with Crippen molar-refractivity contribution in [3.8, 4) is 5.75 Å². The van der Waals surface area contributed by atoms with Gasteiger partial charge in [0, 0.05) is 4.88 Å². The first-order valence-corrected chi connectivity index (χ1v) is 6.81. The number of halogens is 2. The van der Waals surface area contributed by atoms with Gasteiger partial charge in [0.2, 0.25) is 5.78 Å². The lowest BCUT2D eigenvalue weighted by atomic mass is 10.3. The predicted molar refractivity (Wildman–Crippen MR) is 75.3 cm³/mol. The van der Waals surface area contributed by atoms with Crippen molar-refractivity contribution in [2.45, 2.75) is 6.92 Å². The Balaban J connectivity index is 2.04. The van der Waals surface area contributed by atoms with E-state index in [1.165, 1.54) is 11.3 Å². The van der Waals surface area contributed by atoms with Crippen LogP contribution in [0.1, 0.15) is 14.5 Å². The number of hydrogen-bond acceptors (Lipinski definition) is 3. The third kappa shape index (κ3) is 3.05. The number of carbonyl (C=O) groups excluding carboxylic acids is 1. The smallest absolute Gasteiger partial charge is 0.210 e. The first-order valence-electron chi connectivity index (χ1n) is 5.24. The molecule has 5 heteroatoms. The van der Waals surface area contributed by atoms with Gasteiger partial charge in [-0.1, -0.05) is 29.3 Å². The zero-order chi connectivity index (χ0) is 13.1. The van der Waals surface area contributed by atoms with Crippen molar-refractivity contribution in [2.75, 3.05) is 6.61 Å². The number of thiophene rings is 1. The van der Waals surface area contributed by atoms with Gasteiger partial charge in [-0.15, -0.1) is 11.3 Å². The van der Waals surface area contributed by atoms with Gasteiger partial charge in [-0.05, 0) is 31.2 Å². The average Bonchev–Trinajstić information content (AvgIpc) is 2.77. The normalized spacial score (nSPS) is 10.4. The van der Waals surface area contributed by atoms with Crippen LogP contribution in [0, 0.1) is 6.92 Å². The van der Waals surface area contributed by atoms with Gasteiger partial charge in [-0.3, -0.25) is 4.79 Å². The Labute approximate surface area is 119 Å². The molecule has 0 amide bonds. The average molecular weight is 301 g/mol. The molecule has 1 heterocycles. The molecule has 94 valence electrons. The van der Waals surface area contributed by atoms with E-state index in [-0.39, 0.29) is 12.4 Å². The standard InChI is InChI=1S/C13H10Cl2O2S/c1-8-5-6-12(18-8)10(16)7-17-11-4-2-3-9(14)13(11)15/h2-6H,7H2,1H3. The highest BCUT2D eigenvalue weighted by Gasteiger charge is 2.11. The summed E-state index contributed by atoms with van der Waals surface area (Å²) < 4.78 is 5.38. The molecule has 1 aromatic carbocycles. The maximum Gasteiger partial charge on any atom is 0.210 e. The largest absolute Gasteiger partial charge is 0.484 e. The van der Waals surface area contributed by atoms with Crippen LogP contribution in [-0.2, 0) is 0 Å². The van der Waals surface area contributed by atoms with Crippen LogP contribution >= 0.6 is 34.5 Å². The molecule has 0 aliphatic carbocycles. The molecule has 0 saturated carbocycles. The first-order chi connectivity index (χ1) is 8.58. The first kappa shape index (κ1) is 13.4. The SMILES string of the molecule is Cc1ccc(C(=O)COc2cccc(Cl)c2Cl)s1. The van der Waals surface area contributed by atoms with Crippen LogP contribution in [0.2, 0.25) is 10.0 Å². The summed E-state index contributed by atoms with van der Waals surface area (Å²) in [6.07, 6.45) is 0. The van der Waals surface area contributed by atoms with Crippen molar-refractivity contribution in [3.05, 3.63) is 50.1 Å². The number of aryl methyl sites for hydroxylation is 1. The van der Waals surface area contributed by atoms with Gasteiger partial charge in [0.1, 0.15) is 10.8 Å².